The van der Waals surface area contributed by atoms with Gasteiger partial charge in [-0.2, -0.15) is 0 Å². The third-order valence-electron chi connectivity index (χ3n) is 5.32. The van der Waals surface area contributed by atoms with Gasteiger partial charge in [0, 0.05) is 25.4 Å². The van der Waals surface area contributed by atoms with Crippen molar-refractivity contribution < 1.29 is 14.0 Å². The van der Waals surface area contributed by atoms with E-state index in [1.54, 1.807) is 49.5 Å². The van der Waals surface area contributed by atoms with Gasteiger partial charge in [-0.3, -0.25) is 9.59 Å². The van der Waals surface area contributed by atoms with Gasteiger partial charge in [-0.25, -0.2) is 4.98 Å². The van der Waals surface area contributed by atoms with Gasteiger partial charge in [0.2, 0.25) is 5.91 Å². The molecule has 0 spiro atoms. The van der Waals surface area contributed by atoms with Crippen LogP contribution in [0.1, 0.15) is 41.4 Å². The Balaban J connectivity index is 1.56. The summed E-state index contributed by atoms with van der Waals surface area (Å²) in [7, 11) is 0. The summed E-state index contributed by atoms with van der Waals surface area (Å²) in [4.78, 5) is 31.1. The molecule has 2 aromatic rings. The van der Waals surface area contributed by atoms with Gasteiger partial charge in [0.25, 0.3) is 5.91 Å². The van der Waals surface area contributed by atoms with E-state index >= 15 is 0 Å². The molecule has 1 aliphatic rings. The summed E-state index contributed by atoms with van der Waals surface area (Å²) in [5.74, 6) is 0.676. The fraction of sp³-hybridized carbons (Fsp3) is 0.222. The third kappa shape index (κ3) is 6.53. The maximum absolute atomic E-state index is 12.7. The number of hydrogen-bond acceptors (Lipinski definition) is 4. The Morgan fingerprint density at radius 3 is 2.73 bits per heavy atom. The number of amides is 2. The average Bonchev–Trinajstić information content (AvgIpc) is 3.09. The van der Waals surface area contributed by atoms with Crippen LogP contribution in [-0.4, -0.2) is 34.8 Å². The van der Waals surface area contributed by atoms with E-state index in [2.05, 4.69) is 29.0 Å². The number of aryl methyl sites for hydroxylation is 1. The number of carbonyl (C=O) groups excluding carboxylic acids is 2. The van der Waals surface area contributed by atoms with E-state index in [1.807, 2.05) is 24.0 Å². The molecule has 33 heavy (non-hydrogen) atoms. The zero-order valence-corrected chi connectivity index (χ0v) is 19.1. The van der Waals surface area contributed by atoms with E-state index in [9.17, 15) is 9.59 Å². The number of furan rings is 1. The second-order valence-electron chi connectivity index (χ2n) is 7.61. The summed E-state index contributed by atoms with van der Waals surface area (Å²) >= 11 is 0. The minimum absolute atomic E-state index is 0.0299. The lowest BCUT2D eigenvalue weighted by Crippen LogP contribution is -2.30. The summed E-state index contributed by atoms with van der Waals surface area (Å²) in [5, 5.41) is 2.74. The number of rotatable bonds is 7. The molecule has 0 radical (unpaired) electrons. The molecule has 1 aliphatic heterocycles. The normalized spacial score (nSPS) is 14.9. The fourth-order valence-electron chi connectivity index (χ4n) is 3.58. The van der Waals surface area contributed by atoms with Crippen LogP contribution in [0.5, 0.6) is 0 Å². The lowest BCUT2D eigenvalue weighted by molar-refractivity contribution is -0.125. The Labute approximate surface area is 194 Å². The van der Waals surface area contributed by atoms with Gasteiger partial charge >= 0.3 is 0 Å². The van der Waals surface area contributed by atoms with Crippen LogP contribution in [0.2, 0.25) is 0 Å². The van der Waals surface area contributed by atoms with Crippen molar-refractivity contribution >= 4 is 23.7 Å². The average molecular weight is 444 g/mol. The molecule has 0 atom stereocenters. The Morgan fingerprint density at radius 2 is 2.06 bits per heavy atom. The van der Waals surface area contributed by atoms with Crippen molar-refractivity contribution in [1.82, 2.24) is 9.88 Å². The largest absolute Gasteiger partial charge is 0.469 e. The molecule has 0 saturated carbocycles. The van der Waals surface area contributed by atoms with Gasteiger partial charge in [0.05, 0.1) is 11.8 Å². The van der Waals surface area contributed by atoms with Crippen LogP contribution < -0.4 is 5.32 Å². The van der Waals surface area contributed by atoms with Crippen LogP contribution >= 0.6 is 0 Å². The number of pyridine rings is 1. The highest BCUT2D eigenvalue weighted by molar-refractivity contribution is 6.04. The molecule has 6 nitrogen and oxygen atoms in total. The Kier molecular flexibility index (Phi) is 8.36. The van der Waals surface area contributed by atoms with Crippen molar-refractivity contribution in [1.29, 1.82) is 0 Å². The first kappa shape index (κ1) is 23.7. The summed E-state index contributed by atoms with van der Waals surface area (Å²) in [6.45, 7) is 8.86. The van der Waals surface area contributed by atoms with E-state index in [1.165, 1.54) is 11.8 Å². The van der Waals surface area contributed by atoms with E-state index < -0.39 is 0 Å². The van der Waals surface area contributed by atoms with Gasteiger partial charge in [0.15, 0.2) is 0 Å². The molecule has 1 N–H and O–H groups in total. The standard InChI is InChI=1S/C27H29N3O3/c1-4-7-22(8-5-2)23-9-6-16-30(17-14-23)26(31)13-11-21-10-12-25(28-19-21)29-27(32)24-15-18-33-20(24)3/h4-5,7-13,15,18-19H,1,6,14,16-17H2,2-3H3,(H,28,29,32)/b8-5-,13-11+,22-7+. The summed E-state index contributed by atoms with van der Waals surface area (Å²) < 4.78 is 5.15. The Hall–Kier alpha value is -3.93. The summed E-state index contributed by atoms with van der Waals surface area (Å²) in [6, 6.07) is 5.13. The zero-order valence-electron chi connectivity index (χ0n) is 19.1. The topological polar surface area (TPSA) is 75.4 Å². The van der Waals surface area contributed by atoms with Crippen LogP contribution in [0.4, 0.5) is 5.82 Å². The van der Waals surface area contributed by atoms with Gasteiger partial charge in [-0.1, -0.05) is 37.0 Å². The van der Waals surface area contributed by atoms with Crippen molar-refractivity contribution in [3.63, 3.8) is 0 Å². The Bertz CT molecular complexity index is 1120. The monoisotopic (exact) mass is 443 g/mol. The number of allylic oxidation sites excluding steroid dienone is 5. The van der Waals surface area contributed by atoms with Crippen LogP contribution in [0.25, 0.3) is 6.08 Å². The van der Waals surface area contributed by atoms with Crippen molar-refractivity contribution in [3.05, 3.63) is 102 Å². The van der Waals surface area contributed by atoms with Gasteiger partial charge in [-0.15, -0.1) is 0 Å². The fourth-order valence-corrected chi connectivity index (χ4v) is 3.58. The zero-order chi connectivity index (χ0) is 23.6. The molecule has 0 fully saturated rings. The van der Waals surface area contributed by atoms with Crippen LogP contribution in [0.15, 0.2) is 89.3 Å². The smallest absolute Gasteiger partial charge is 0.260 e. The van der Waals surface area contributed by atoms with Crippen molar-refractivity contribution in [2.45, 2.75) is 26.7 Å². The molecule has 2 aromatic heterocycles. The molecule has 0 aromatic carbocycles. The predicted octanol–water partition coefficient (Wildman–Crippen LogP) is 5.49. The molecule has 0 saturated heterocycles. The van der Waals surface area contributed by atoms with E-state index in [0.29, 0.717) is 30.2 Å². The van der Waals surface area contributed by atoms with Crippen molar-refractivity contribution in [3.8, 4) is 0 Å². The highest BCUT2D eigenvalue weighted by Gasteiger charge is 2.15. The van der Waals surface area contributed by atoms with Crippen molar-refractivity contribution in [2.75, 3.05) is 18.4 Å². The van der Waals surface area contributed by atoms with Gasteiger partial charge in [-0.05, 0) is 67.7 Å². The quantitative estimate of drug-likeness (QED) is 0.454. The first-order valence-corrected chi connectivity index (χ1v) is 10.9. The number of nitrogens with one attached hydrogen (secondary N) is 1. The second kappa shape index (κ2) is 11.6. The highest BCUT2D eigenvalue weighted by atomic mass is 16.3. The van der Waals surface area contributed by atoms with Gasteiger partial charge < -0.3 is 14.6 Å². The molecule has 170 valence electrons. The molecule has 6 heteroatoms. The number of anilines is 1. The van der Waals surface area contributed by atoms with Crippen LogP contribution in [0, 0.1) is 6.92 Å². The Morgan fingerprint density at radius 1 is 1.21 bits per heavy atom. The maximum Gasteiger partial charge on any atom is 0.260 e. The highest BCUT2D eigenvalue weighted by Crippen LogP contribution is 2.21. The molecule has 0 bridgehead atoms. The number of hydrogen-bond donors (Lipinski definition) is 1. The second-order valence-corrected chi connectivity index (χ2v) is 7.61. The molecule has 3 heterocycles. The summed E-state index contributed by atoms with van der Waals surface area (Å²) in [5.41, 5.74) is 3.62. The SMILES string of the molecule is C=C/C=C(\C=C/C)C1=CCCN(C(=O)/C=C/c2ccc(NC(=O)c3ccoc3C)nc2)CC1. The molecular weight excluding hydrogens is 414 g/mol. The number of aromatic nitrogens is 1. The lowest BCUT2D eigenvalue weighted by atomic mass is 10.0. The minimum atomic E-state index is -0.276. The van der Waals surface area contributed by atoms with E-state index in [4.69, 9.17) is 4.42 Å². The van der Waals surface area contributed by atoms with Crippen LogP contribution in [0.3, 0.4) is 0 Å². The van der Waals surface area contributed by atoms with E-state index in [0.717, 1.165) is 24.0 Å². The predicted molar refractivity (Wildman–Crippen MR) is 132 cm³/mol. The molecule has 0 aliphatic carbocycles. The van der Waals surface area contributed by atoms with Crippen LogP contribution in [-0.2, 0) is 4.79 Å². The molecular formula is C27H29N3O3. The first-order valence-electron chi connectivity index (χ1n) is 10.9. The molecule has 2 amide bonds. The summed E-state index contributed by atoms with van der Waals surface area (Å²) in [6.07, 6.45) is 18.1. The number of carbonyl (C=O) groups is 2. The number of nitrogens with zero attached hydrogens (tertiary/aromatic N) is 2. The molecule has 0 unspecified atom stereocenters. The minimum Gasteiger partial charge on any atom is -0.469 e. The first-order chi connectivity index (χ1) is 16.0. The lowest BCUT2D eigenvalue weighted by Gasteiger charge is -2.18. The maximum atomic E-state index is 12.7. The van der Waals surface area contributed by atoms with Crippen molar-refractivity contribution in [2.24, 2.45) is 0 Å². The molecule has 3 rings (SSSR count). The third-order valence-corrected chi connectivity index (χ3v) is 5.32. The van der Waals surface area contributed by atoms with E-state index in [-0.39, 0.29) is 11.8 Å². The van der Waals surface area contributed by atoms with Gasteiger partial charge in [0.1, 0.15) is 11.6 Å².